The molecule has 0 saturated carbocycles. The minimum absolute atomic E-state index is 0.0445. The van der Waals surface area contributed by atoms with Crippen LogP contribution in [0.5, 0.6) is 17.2 Å². The maximum atomic E-state index is 11.5. The van der Waals surface area contributed by atoms with E-state index in [1.807, 2.05) is 0 Å². The van der Waals surface area contributed by atoms with Gasteiger partial charge < -0.3 is 20.1 Å². The average Bonchev–Trinajstić information content (AvgIpc) is 2.48. The number of carbonyl (C=O) groups is 1. The molecule has 0 saturated heterocycles. The molecule has 6 heteroatoms. The van der Waals surface area contributed by atoms with Gasteiger partial charge in [0.2, 0.25) is 0 Å². The first-order valence-electron chi connectivity index (χ1n) is 6.49. The van der Waals surface area contributed by atoms with Crippen molar-refractivity contribution in [1.82, 2.24) is 0 Å². The van der Waals surface area contributed by atoms with Crippen LogP contribution in [-0.2, 0) is 11.2 Å². The van der Waals surface area contributed by atoms with Gasteiger partial charge in [0.15, 0.2) is 11.5 Å². The number of aromatic hydroxyl groups is 2. The highest BCUT2D eigenvalue weighted by Gasteiger charge is 2.23. The molecule has 0 radical (unpaired) electrons. The van der Waals surface area contributed by atoms with Crippen LogP contribution in [0.25, 0.3) is 0 Å². The van der Waals surface area contributed by atoms with Gasteiger partial charge in [-0.05, 0) is 30.2 Å². The highest BCUT2D eigenvalue weighted by atomic mass is 35.5. The van der Waals surface area contributed by atoms with Gasteiger partial charge in [-0.2, -0.15) is 0 Å². The fourth-order valence-corrected chi connectivity index (χ4v) is 2.44. The zero-order valence-corrected chi connectivity index (χ0v) is 12.5. The van der Waals surface area contributed by atoms with Gasteiger partial charge in [0.1, 0.15) is 5.75 Å². The lowest BCUT2D eigenvalue weighted by Crippen LogP contribution is -2.14. The number of methoxy groups -OCH3 is 1. The summed E-state index contributed by atoms with van der Waals surface area (Å²) in [6.07, 6.45) is 0.0445. The Hall–Kier alpha value is -2.40. The van der Waals surface area contributed by atoms with Crippen molar-refractivity contribution in [2.75, 3.05) is 7.11 Å². The second kappa shape index (κ2) is 6.58. The first-order valence-corrected chi connectivity index (χ1v) is 6.87. The van der Waals surface area contributed by atoms with E-state index < -0.39 is 11.9 Å². The number of aliphatic carboxylic acids is 1. The number of benzene rings is 2. The number of hydrogen-bond donors (Lipinski definition) is 3. The smallest absolute Gasteiger partial charge is 0.311 e. The summed E-state index contributed by atoms with van der Waals surface area (Å²) < 4.78 is 5.02. The average molecular weight is 323 g/mol. The third kappa shape index (κ3) is 3.43. The van der Waals surface area contributed by atoms with E-state index in [1.165, 1.54) is 43.5 Å². The number of hydrogen-bond acceptors (Lipinski definition) is 4. The molecule has 0 bridgehead atoms. The molecule has 116 valence electrons. The number of rotatable bonds is 5. The van der Waals surface area contributed by atoms with E-state index in [2.05, 4.69) is 0 Å². The van der Waals surface area contributed by atoms with Gasteiger partial charge in [0, 0.05) is 16.7 Å². The van der Waals surface area contributed by atoms with E-state index in [0.717, 1.165) is 0 Å². The van der Waals surface area contributed by atoms with E-state index >= 15 is 0 Å². The summed E-state index contributed by atoms with van der Waals surface area (Å²) in [5.74, 6) is -1.80. The Morgan fingerprint density at radius 2 is 1.86 bits per heavy atom. The summed E-state index contributed by atoms with van der Waals surface area (Å²) in [7, 11) is 1.39. The Balaban J connectivity index is 2.39. The molecule has 1 unspecified atom stereocenters. The molecule has 0 amide bonds. The zero-order valence-electron chi connectivity index (χ0n) is 11.8. The molecule has 5 nitrogen and oxygen atoms in total. The van der Waals surface area contributed by atoms with Crippen molar-refractivity contribution in [1.29, 1.82) is 0 Å². The summed E-state index contributed by atoms with van der Waals surface area (Å²) in [4.78, 5) is 11.5. The molecule has 0 heterocycles. The van der Waals surface area contributed by atoms with Crippen LogP contribution in [0.3, 0.4) is 0 Å². The molecule has 1 atom stereocenters. The second-order valence-electron chi connectivity index (χ2n) is 4.80. The van der Waals surface area contributed by atoms with E-state index in [1.54, 1.807) is 0 Å². The summed E-state index contributed by atoms with van der Waals surface area (Å²) in [5, 5.41) is 29.2. The maximum absolute atomic E-state index is 11.5. The molecule has 2 aromatic carbocycles. The van der Waals surface area contributed by atoms with E-state index in [4.69, 9.17) is 16.3 Å². The van der Waals surface area contributed by atoms with Gasteiger partial charge in [-0.15, -0.1) is 0 Å². The van der Waals surface area contributed by atoms with E-state index in [0.29, 0.717) is 16.1 Å². The molecule has 0 aliphatic carbocycles. The van der Waals surface area contributed by atoms with Crippen molar-refractivity contribution < 1.29 is 24.9 Å². The molecule has 0 spiro atoms. The number of carboxylic acids is 1. The largest absolute Gasteiger partial charge is 0.508 e. The Labute approximate surface area is 132 Å². The number of phenolic OH excluding ortho intramolecular Hbond substituents is 2. The van der Waals surface area contributed by atoms with Gasteiger partial charge in [0.25, 0.3) is 0 Å². The van der Waals surface area contributed by atoms with Crippen LogP contribution < -0.4 is 4.74 Å². The van der Waals surface area contributed by atoms with E-state index in [-0.39, 0.29) is 23.7 Å². The highest BCUT2D eigenvalue weighted by molar-refractivity contribution is 6.30. The van der Waals surface area contributed by atoms with Crippen molar-refractivity contribution in [3.63, 3.8) is 0 Å². The summed E-state index contributed by atoms with van der Waals surface area (Å²) >= 11 is 5.96. The third-order valence-corrected chi connectivity index (χ3v) is 3.57. The van der Waals surface area contributed by atoms with Crippen molar-refractivity contribution in [2.45, 2.75) is 12.3 Å². The van der Waals surface area contributed by atoms with Gasteiger partial charge in [-0.25, -0.2) is 0 Å². The number of ether oxygens (including phenoxy) is 1. The summed E-state index contributed by atoms with van der Waals surface area (Å²) in [5.41, 5.74) is 0.897. The standard InChI is InChI=1S/C16H15ClO5/c1-22-14-8-11(17)6-10(15(14)19)7-13(16(20)21)9-2-4-12(18)5-3-9/h2-6,8,13,18-19H,7H2,1H3,(H,20,21). The highest BCUT2D eigenvalue weighted by Crippen LogP contribution is 2.36. The van der Waals surface area contributed by atoms with Crippen LogP contribution in [0.2, 0.25) is 5.02 Å². The minimum atomic E-state index is -1.04. The van der Waals surface area contributed by atoms with Crippen molar-refractivity contribution >= 4 is 17.6 Å². The van der Waals surface area contributed by atoms with Crippen LogP contribution in [0.1, 0.15) is 17.0 Å². The lowest BCUT2D eigenvalue weighted by Gasteiger charge is -2.15. The van der Waals surface area contributed by atoms with Crippen molar-refractivity contribution in [3.8, 4) is 17.2 Å². The Morgan fingerprint density at radius 1 is 1.23 bits per heavy atom. The number of halogens is 1. The monoisotopic (exact) mass is 322 g/mol. The minimum Gasteiger partial charge on any atom is -0.508 e. The first kappa shape index (κ1) is 16.0. The predicted molar refractivity (Wildman–Crippen MR) is 81.9 cm³/mol. The maximum Gasteiger partial charge on any atom is 0.311 e. The molecule has 22 heavy (non-hydrogen) atoms. The summed E-state index contributed by atoms with van der Waals surface area (Å²) in [6, 6.07) is 8.87. The quantitative estimate of drug-likeness (QED) is 0.787. The summed E-state index contributed by atoms with van der Waals surface area (Å²) in [6.45, 7) is 0. The lowest BCUT2D eigenvalue weighted by atomic mass is 9.91. The second-order valence-corrected chi connectivity index (χ2v) is 5.24. The van der Waals surface area contributed by atoms with Gasteiger partial charge >= 0.3 is 5.97 Å². The lowest BCUT2D eigenvalue weighted by molar-refractivity contribution is -0.138. The van der Waals surface area contributed by atoms with Crippen molar-refractivity contribution in [3.05, 3.63) is 52.5 Å². The molecule has 0 fully saturated rings. The van der Waals surface area contributed by atoms with Crippen molar-refractivity contribution in [2.24, 2.45) is 0 Å². The molecule has 2 rings (SSSR count). The van der Waals surface area contributed by atoms with Gasteiger partial charge in [-0.1, -0.05) is 23.7 Å². The van der Waals surface area contributed by atoms with Crippen LogP contribution in [-0.4, -0.2) is 28.4 Å². The third-order valence-electron chi connectivity index (χ3n) is 3.36. The normalized spacial score (nSPS) is 11.9. The fraction of sp³-hybridized carbons (Fsp3) is 0.188. The van der Waals surface area contributed by atoms with Crippen LogP contribution in [0.15, 0.2) is 36.4 Å². The van der Waals surface area contributed by atoms with Crippen LogP contribution in [0, 0.1) is 0 Å². The Kier molecular flexibility index (Phi) is 4.78. The fourth-order valence-electron chi connectivity index (χ4n) is 2.21. The molecule has 0 aliphatic rings. The van der Waals surface area contributed by atoms with Crippen LogP contribution in [0.4, 0.5) is 0 Å². The first-order chi connectivity index (χ1) is 10.4. The molecular weight excluding hydrogens is 308 g/mol. The van der Waals surface area contributed by atoms with Gasteiger partial charge in [0.05, 0.1) is 13.0 Å². The van der Waals surface area contributed by atoms with Crippen LogP contribution >= 0.6 is 11.6 Å². The molecule has 3 N–H and O–H groups in total. The van der Waals surface area contributed by atoms with E-state index in [9.17, 15) is 20.1 Å². The predicted octanol–water partition coefficient (Wildman–Crippen LogP) is 3.17. The SMILES string of the molecule is COc1cc(Cl)cc(CC(C(=O)O)c2ccc(O)cc2)c1O. The number of phenols is 2. The Morgan fingerprint density at radius 3 is 2.41 bits per heavy atom. The van der Waals surface area contributed by atoms with Gasteiger partial charge in [-0.3, -0.25) is 4.79 Å². The number of carboxylic acid groups (broad SMARTS) is 1. The topological polar surface area (TPSA) is 87.0 Å². The molecular formula is C16H15ClO5. The zero-order chi connectivity index (χ0) is 16.3. The molecule has 0 aromatic heterocycles. The Bertz CT molecular complexity index is 682. The molecule has 2 aromatic rings. The molecule has 0 aliphatic heterocycles.